The number of Topliss-reactive ketones (excluding diaryl/α,β-unsaturated/α-hetero) is 1. The number of rotatable bonds is 9. The number of hydrogen-bond acceptors (Lipinski definition) is 4. The second-order valence-corrected chi connectivity index (χ2v) is 9.20. The van der Waals surface area contributed by atoms with Crippen LogP contribution < -0.4 is 10.1 Å². The van der Waals surface area contributed by atoms with E-state index < -0.39 is 6.09 Å². The van der Waals surface area contributed by atoms with Gasteiger partial charge in [0, 0.05) is 18.5 Å². The van der Waals surface area contributed by atoms with Gasteiger partial charge in [-0.2, -0.15) is 0 Å². The Morgan fingerprint density at radius 1 is 0.784 bits per heavy atom. The number of alkyl carbamates (subject to hydrolysis) is 1. The monoisotopic (exact) mass is 491 g/mol. The Hall–Kier alpha value is -4.38. The lowest BCUT2D eigenvalue weighted by Gasteiger charge is -2.13. The van der Waals surface area contributed by atoms with Crippen LogP contribution in [0.5, 0.6) is 5.75 Å². The number of benzene rings is 4. The molecular formula is C32H29NO4. The van der Waals surface area contributed by atoms with Crippen molar-refractivity contribution in [1.29, 1.82) is 0 Å². The molecule has 37 heavy (non-hydrogen) atoms. The van der Waals surface area contributed by atoms with Gasteiger partial charge in [-0.15, -0.1) is 0 Å². The summed E-state index contributed by atoms with van der Waals surface area (Å²) in [4.78, 5) is 24.7. The van der Waals surface area contributed by atoms with Crippen molar-refractivity contribution in [3.8, 4) is 16.9 Å². The summed E-state index contributed by atoms with van der Waals surface area (Å²) in [5, 5.41) is 2.82. The van der Waals surface area contributed by atoms with Gasteiger partial charge in [-0.25, -0.2) is 4.79 Å². The van der Waals surface area contributed by atoms with Crippen molar-refractivity contribution in [2.24, 2.45) is 0 Å². The number of carbonyl (C=O) groups excluding carboxylic acids is 2. The molecule has 1 aliphatic carbocycles. The molecule has 1 N–H and O–H groups in total. The molecule has 4 aromatic carbocycles. The fourth-order valence-electron chi connectivity index (χ4n) is 4.64. The zero-order chi connectivity index (χ0) is 25.5. The van der Waals surface area contributed by atoms with Gasteiger partial charge in [0.1, 0.15) is 19.0 Å². The lowest BCUT2D eigenvalue weighted by Crippen LogP contribution is -2.26. The van der Waals surface area contributed by atoms with E-state index in [1.165, 1.54) is 0 Å². The van der Waals surface area contributed by atoms with Crippen LogP contribution in [0.1, 0.15) is 45.8 Å². The summed E-state index contributed by atoms with van der Waals surface area (Å²) < 4.78 is 11.2. The second-order valence-electron chi connectivity index (χ2n) is 9.20. The van der Waals surface area contributed by atoms with Crippen LogP contribution in [-0.4, -0.2) is 18.4 Å². The first-order valence-electron chi connectivity index (χ1n) is 12.5. The van der Waals surface area contributed by atoms with Gasteiger partial charge < -0.3 is 14.8 Å². The third kappa shape index (κ3) is 6.25. The minimum atomic E-state index is -0.447. The molecule has 0 spiro atoms. The van der Waals surface area contributed by atoms with Crippen molar-refractivity contribution in [3.63, 3.8) is 0 Å². The van der Waals surface area contributed by atoms with Crippen LogP contribution >= 0.6 is 0 Å². The highest BCUT2D eigenvalue weighted by atomic mass is 16.5. The molecule has 1 unspecified atom stereocenters. The molecule has 0 heterocycles. The maximum atomic E-state index is 12.6. The molecule has 0 aliphatic heterocycles. The molecule has 5 rings (SSSR count). The normalized spacial score (nSPS) is 14.2. The number of ketones is 1. The number of nitrogens with one attached hydrogen (secondary N) is 1. The van der Waals surface area contributed by atoms with Gasteiger partial charge in [0.05, 0.1) is 0 Å². The van der Waals surface area contributed by atoms with Gasteiger partial charge in [-0.3, -0.25) is 4.79 Å². The highest BCUT2D eigenvalue weighted by molar-refractivity contribution is 6.01. The van der Waals surface area contributed by atoms with Crippen molar-refractivity contribution in [2.75, 3.05) is 6.54 Å². The lowest BCUT2D eigenvalue weighted by atomic mass is 9.94. The molecule has 0 bridgehead atoms. The molecular weight excluding hydrogens is 462 g/mol. The van der Waals surface area contributed by atoms with Crippen molar-refractivity contribution < 1.29 is 19.1 Å². The van der Waals surface area contributed by atoms with E-state index in [-0.39, 0.29) is 18.3 Å². The molecule has 0 saturated carbocycles. The maximum absolute atomic E-state index is 12.6. The highest BCUT2D eigenvalue weighted by Gasteiger charge is 2.29. The molecule has 0 saturated heterocycles. The smallest absolute Gasteiger partial charge is 0.407 e. The van der Waals surface area contributed by atoms with Crippen LogP contribution in [0.25, 0.3) is 11.1 Å². The van der Waals surface area contributed by atoms with Crippen LogP contribution in [0.4, 0.5) is 4.79 Å². The molecule has 4 aromatic rings. The van der Waals surface area contributed by atoms with Crippen LogP contribution in [0.3, 0.4) is 0 Å². The maximum Gasteiger partial charge on any atom is 0.407 e. The Bertz CT molecular complexity index is 1350. The SMILES string of the molecule is O=C(NCCC1CC(=O)c2ccc(-c3ccc(OCc4ccccc4)cc3)cc21)OCc1ccccc1. The van der Waals surface area contributed by atoms with Gasteiger partial charge in [0.15, 0.2) is 5.78 Å². The van der Waals surface area contributed by atoms with E-state index in [1.807, 2.05) is 97.1 Å². The Balaban J connectivity index is 1.17. The zero-order valence-corrected chi connectivity index (χ0v) is 20.6. The molecule has 0 fully saturated rings. The van der Waals surface area contributed by atoms with Gasteiger partial charge in [-0.05, 0) is 52.3 Å². The number of carbonyl (C=O) groups is 2. The van der Waals surface area contributed by atoms with Gasteiger partial charge in [0.2, 0.25) is 0 Å². The number of amides is 1. The van der Waals surface area contributed by atoms with Crippen molar-refractivity contribution in [3.05, 3.63) is 125 Å². The van der Waals surface area contributed by atoms with Crippen LogP contribution in [0.2, 0.25) is 0 Å². The lowest BCUT2D eigenvalue weighted by molar-refractivity contribution is 0.0988. The number of ether oxygens (including phenoxy) is 2. The van der Waals surface area contributed by atoms with E-state index in [0.29, 0.717) is 26.0 Å². The number of fused-ring (bicyclic) bond motifs is 1. The van der Waals surface area contributed by atoms with E-state index in [1.54, 1.807) is 0 Å². The van der Waals surface area contributed by atoms with E-state index >= 15 is 0 Å². The van der Waals surface area contributed by atoms with Crippen LogP contribution in [0, 0.1) is 0 Å². The Morgan fingerprint density at radius 3 is 2.14 bits per heavy atom. The molecule has 1 amide bonds. The van der Waals surface area contributed by atoms with E-state index in [4.69, 9.17) is 9.47 Å². The largest absolute Gasteiger partial charge is 0.489 e. The van der Waals surface area contributed by atoms with E-state index in [2.05, 4.69) is 11.4 Å². The predicted octanol–water partition coefficient (Wildman–Crippen LogP) is 6.92. The second kappa shape index (κ2) is 11.6. The van der Waals surface area contributed by atoms with Gasteiger partial charge in [-0.1, -0.05) is 91.0 Å². The molecule has 5 heteroatoms. The summed E-state index contributed by atoms with van der Waals surface area (Å²) >= 11 is 0. The van der Waals surface area contributed by atoms with Gasteiger partial charge in [0.25, 0.3) is 0 Å². The first kappa shape index (κ1) is 24.3. The predicted molar refractivity (Wildman–Crippen MR) is 144 cm³/mol. The molecule has 5 nitrogen and oxygen atoms in total. The average Bonchev–Trinajstić information content (AvgIpc) is 3.26. The van der Waals surface area contributed by atoms with E-state index in [9.17, 15) is 9.59 Å². The summed E-state index contributed by atoms with van der Waals surface area (Å²) in [6, 6.07) is 33.7. The van der Waals surface area contributed by atoms with Crippen molar-refractivity contribution in [2.45, 2.75) is 32.0 Å². The topological polar surface area (TPSA) is 64.6 Å². The average molecular weight is 492 g/mol. The minimum absolute atomic E-state index is 0.0744. The van der Waals surface area contributed by atoms with Crippen LogP contribution in [-0.2, 0) is 18.0 Å². The molecule has 186 valence electrons. The third-order valence-electron chi connectivity index (χ3n) is 6.63. The van der Waals surface area contributed by atoms with Crippen molar-refractivity contribution >= 4 is 11.9 Å². The van der Waals surface area contributed by atoms with Crippen molar-refractivity contribution in [1.82, 2.24) is 5.32 Å². The first-order valence-corrected chi connectivity index (χ1v) is 12.5. The molecule has 1 aliphatic rings. The summed E-state index contributed by atoms with van der Waals surface area (Å²) in [6.45, 7) is 1.20. The Morgan fingerprint density at radius 2 is 1.43 bits per heavy atom. The molecule has 1 atom stereocenters. The highest BCUT2D eigenvalue weighted by Crippen LogP contribution is 2.38. The Labute approximate surface area is 217 Å². The fraction of sp³-hybridized carbons (Fsp3) is 0.188. The van der Waals surface area contributed by atoms with Gasteiger partial charge >= 0.3 is 6.09 Å². The molecule has 0 aromatic heterocycles. The standard InChI is InChI=1S/C32H29NO4/c34-31-20-27(17-18-33-32(35)37-22-24-9-5-2-6-10-24)30-19-26(13-16-29(30)31)25-11-14-28(15-12-25)36-21-23-7-3-1-4-8-23/h1-16,19,27H,17-18,20-22H2,(H,33,35). The fourth-order valence-corrected chi connectivity index (χ4v) is 4.64. The first-order chi connectivity index (χ1) is 18.2. The van der Waals surface area contributed by atoms with Crippen LogP contribution in [0.15, 0.2) is 103 Å². The zero-order valence-electron chi connectivity index (χ0n) is 20.6. The quantitative estimate of drug-likeness (QED) is 0.276. The summed E-state index contributed by atoms with van der Waals surface area (Å²) in [6.07, 6.45) is 0.692. The van der Waals surface area contributed by atoms with E-state index in [0.717, 1.165) is 39.1 Å². The summed E-state index contributed by atoms with van der Waals surface area (Å²) in [5.74, 6) is 1.04. The Kier molecular flexibility index (Phi) is 7.60. The summed E-state index contributed by atoms with van der Waals surface area (Å²) in [5.41, 5.74) is 6.02. The third-order valence-corrected chi connectivity index (χ3v) is 6.63. The minimum Gasteiger partial charge on any atom is -0.489 e. The number of hydrogen-bond donors (Lipinski definition) is 1. The molecule has 0 radical (unpaired) electrons. The summed E-state index contributed by atoms with van der Waals surface area (Å²) in [7, 11) is 0.